The fraction of sp³-hybridized carbons (Fsp3) is 0.467. The molecule has 1 fully saturated rings. The minimum Gasteiger partial charge on any atom is -0.473 e. The predicted octanol–water partition coefficient (Wildman–Crippen LogP) is 2.53. The summed E-state index contributed by atoms with van der Waals surface area (Å²) in [5.74, 6) is 1.14. The Morgan fingerprint density at radius 2 is 2.00 bits per heavy atom. The van der Waals surface area contributed by atoms with Crippen molar-refractivity contribution in [2.24, 2.45) is 11.7 Å². The third-order valence-electron chi connectivity index (χ3n) is 3.91. The van der Waals surface area contributed by atoms with Crippen molar-refractivity contribution < 1.29 is 4.74 Å². The Balaban J connectivity index is 1.88. The zero-order valence-corrected chi connectivity index (χ0v) is 11.0. The molecule has 0 spiro atoms. The summed E-state index contributed by atoms with van der Waals surface area (Å²) in [6.07, 6.45) is 6.45. The van der Waals surface area contributed by atoms with E-state index in [1.54, 1.807) is 6.33 Å². The zero-order chi connectivity index (χ0) is 13.1. The van der Waals surface area contributed by atoms with Crippen LogP contribution in [0.5, 0.6) is 5.88 Å². The number of hydrogen-bond donors (Lipinski definition) is 1. The third kappa shape index (κ3) is 2.54. The number of nitrogens with zero attached hydrogens (tertiary/aromatic N) is 2. The molecule has 19 heavy (non-hydrogen) atoms. The van der Waals surface area contributed by atoms with E-state index in [2.05, 4.69) is 9.97 Å². The average Bonchev–Trinajstić information content (AvgIpc) is 2.48. The van der Waals surface area contributed by atoms with Crippen molar-refractivity contribution >= 4 is 10.9 Å². The van der Waals surface area contributed by atoms with Crippen LogP contribution in [0.2, 0.25) is 0 Å². The second-order valence-corrected chi connectivity index (χ2v) is 5.13. The van der Waals surface area contributed by atoms with Crippen LogP contribution in [-0.2, 0) is 0 Å². The predicted molar refractivity (Wildman–Crippen MR) is 75.0 cm³/mol. The van der Waals surface area contributed by atoms with Gasteiger partial charge in [-0.3, -0.25) is 0 Å². The van der Waals surface area contributed by atoms with Gasteiger partial charge in [-0.15, -0.1) is 0 Å². The van der Waals surface area contributed by atoms with Crippen LogP contribution in [0, 0.1) is 5.92 Å². The number of benzene rings is 1. The van der Waals surface area contributed by atoms with E-state index in [9.17, 15) is 0 Å². The van der Waals surface area contributed by atoms with E-state index in [0.717, 1.165) is 23.7 Å². The van der Waals surface area contributed by atoms with Crippen LogP contribution < -0.4 is 10.5 Å². The lowest BCUT2D eigenvalue weighted by molar-refractivity contribution is 0.0939. The van der Waals surface area contributed by atoms with Gasteiger partial charge >= 0.3 is 0 Å². The molecule has 2 atom stereocenters. The van der Waals surface area contributed by atoms with Crippen LogP contribution in [0.4, 0.5) is 0 Å². The number of para-hydroxylation sites is 1. The molecule has 1 saturated carbocycles. The van der Waals surface area contributed by atoms with Crippen LogP contribution in [0.3, 0.4) is 0 Å². The highest BCUT2D eigenvalue weighted by Crippen LogP contribution is 2.29. The molecule has 0 amide bonds. The summed E-state index contributed by atoms with van der Waals surface area (Å²) in [5, 5.41) is 0.978. The maximum atomic E-state index is 6.14. The number of nitrogens with two attached hydrogens (primary N) is 1. The standard InChI is InChI=1S/C15H19N3O/c16-9-11-5-1-4-8-14(11)19-15-12-6-2-3-7-13(12)17-10-18-15/h2-3,6-7,10-11,14H,1,4-5,8-9,16H2. The number of ether oxygens (including phenoxy) is 1. The quantitative estimate of drug-likeness (QED) is 0.917. The van der Waals surface area contributed by atoms with Gasteiger partial charge < -0.3 is 10.5 Å². The summed E-state index contributed by atoms with van der Waals surface area (Å²) >= 11 is 0. The molecule has 2 unspecified atom stereocenters. The molecule has 1 heterocycles. The van der Waals surface area contributed by atoms with Crippen LogP contribution in [0.1, 0.15) is 25.7 Å². The van der Waals surface area contributed by atoms with Gasteiger partial charge in [0.25, 0.3) is 0 Å². The monoisotopic (exact) mass is 257 g/mol. The fourth-order valence-corrected chi connectivity index (χ4v) is 2.82. The highest BCUT2D eigenvalue weighted by atomic mass is 16.5. The van der Waals surface area contributed by atoms with Crippen molar-refractivity contribution in [3.8, 4) is 5.88 Å². The SMILES string of the molecule is NCC1CCCCC1Oc1ncnc2ccccc12. The molecule has 3 rings (SSSR count). The molecule has 1 aromatic carbocycles. The molecule has 0 bridgehead atoms. The fourth-order valence-electron chi connectivity index (χ4n) is 2.82. The molecule has 0 aliphatic heterocycles. The zero-order valence-electron chi connectivity index (χ0n) is 11.0. The topological polar surface area (TPSA) is 61.0 Å². The van der Waals surface area contributed by atoms with Crippen LogP contribution in [0.25, 0.3) is 10.9 Å². The summed E-state index contributed by atoms with van der Waals surface area (Å²) in [7, 11) is 0. The van der Waals surface area contributed by atoms with E-state index in [4.69, 9.17) is 10.5 Å². The summed E-state index contributed by atoms with van der Waals surface area (Å²) in [5.41, 5.74) is 6.77. The molecule has 100 valence electrons. The van der Waals surface area contributed by atoms with Gasteiger partial charge in [0.1, 0.15) is 12.4 Å². The molecule has 2 aromatic rings. The number of fused-ring (bicyclic) bond motifs is 1. The molecule has 1 aliphatic rings. The number of hydrogen-bond acceptors (Lipinski definition) is 4. The lowest BCUT2D eigenvalue weighted by Gasteiger charge is -2.30. The van der Waals surface area contributed by atoms with Gasteiger partial charge in [0.05, 0.1) is 10.9 Å². The van der Waals surface area contributed by atoms with Crippen LogP contribution in [0.15, 0.2) is 30.6 Å². The molecule has 0 radical (unpaired) electrons. The van der Waals surface area contributed by atoms with Gasteiger partial charge in [-0.25, -0.2) is 9.97 Å². The molecular weight excluding hydrogens is 238 g/mol. The molecule has 4 heteroatoms. The van der Waals surface area contributed by atoms with Crippen molar-refractivity contribution in [1.29, 1.82) is 0 Å². The van der Waals surface area contributed by atoms with Crippen molar-refractivity contribution in [2.75, 3.05) is 6.54 Å². The van der Waals surface area contributed by atoms with Crippen molar-refractivity contribution in [1.82, 2.24) is 9.97 Å². The lowest BCUT2D eigenvalue weighted by Crippen LogP contribution is -2.35. The molecule has 0 saturated heterocycles. The Kier molecular flexibility index (Phi) is 3.60. The van der Waals surface area contributed by atoms with Gasteiger partial charge in [0.15, 0.2) is 0 Å². The molecular formula is C15H19N3O. The largest absolute Gasteiger partial charge is 0.473 e. The first kappa shape index (κ1) is 12.4. The Bertz CT molecular complexity index is 553. The van der Waals surface area contributed by atoms with Gasteiger partial charge in [0, 0.05) is 5.92 Å². The van der Waals surface area contributed by atoms with Gasteiger partial charge in [0.2, 0.25) is 5.88 Å². The first-order valence-electron chi connectivity index (χ1n) is 6.95. The molecule has 2 N–H and O–H groups in total. The van der Waals surface area contributed by atoms with Crippen molar-refractivity contribution in [2.45, 2.75) is 31.8 Å². The van der Waals surface area contributed by atoms with Crippen molar-refractivity contribution in [3.63, 3.8) is 0 Å². The van der Waals surface area contributed by atoms with Crippen LogP contribution >= 0.6 is 0 Å². The van der Waals surface area contributed by atoms with Crippen LogP contribution in [-0.4, -0.2) is 22.6 Å². The van der Waals surface area contributed by atoms with E-state index < -0.39 is 0 Å². The summed E-state index contributed by atoms with van der Waals surface area (Å²) in [6.45, 7) is 0.688. The maximum Gasteiger partial charge on any atom is 0.224 e. The second-order valence-electron chi connectivity index (χ2n) is 5.13. The van der Waals surface area contributed by atoms with E-state index in [-0.39, 0.29) is 6.10 Å². The smallest absolute Gasteiger partial charge is 0.224 e. The Morgan fingerprint density at radius 3 is 2.89 bits per heavy atom. The van der Waals surface area contributed by atoms with Crippen molar-refractivity contribution in [3.05, 3.63) is 30.6 Å². The summed E-state index contributed by atoms with van der Waals surface area (Å²) in [6, 6.07) is 7.94. The maximum absolute atomic E-state index is 6.14. The summed E-state index contributed by atoms with van der Waals surface area (Å²) in [4.78, 5) is 8.55. The third-order valence-corrected chi connectivity index (χ3v) is 3.91. The van der Waals surface area contributed by atoms with E-state index >= 15 is 0 Å². The van der Waals surface area contributed by atoms with Gasteiger partial charge in [-0.2, -0.15) is 0 Å². The Labute approximate surface area is 113 Å². The lowest BCUT2D eigenvalue weighted by atomic mass is 9.86. The van der Waals surface area contributed by atoms with E-state index in [1.807, 2.05) is 24.3 Å². The van der Waals surface area contributed by atoms with Gasteiger partial charge in [-0.1, -0.05) is 18.6 Å². The average molecular weight is 257 g/mol. The highest BCUT2D eigenvalue weighted by molar-refractivity contribution is 5.82. The van der Waals surface area contributed by atoms with E-state index in [0.29, 0.717) is 18.3 Å². The van der Waals surface area contributed by atoms with Gasteiger partial charge in [-0.05, 0) is 37.9 Å². The molecule has 1 aromatic heterocycles. The molecule has 4 nitrogen and oxygen atoms in total. The Hall–Kier alpha value is -1.68. The Morgan fingerprint density at radius 1 is 1.16 bits per heavy atom. The first-order chi connectivity index (χ1) is 9.38. The summed E-state index contributed by atoms with van der Waals surface area (Å²) < 4.78 is 6.14. The van der Waals surface area contributed by atoms with E-state index in [1.165, 1.54) is 12.8 Å². The number of rotatable bonds is 3. The second kappa shape index (κ2) is 5.53. The number of aromatic nitrogens is 2. The normalized spacial score (nSPS) is 23.4. The molecule has 1 aliphatic carbocycles. The minimum absolute atomic E-state index is 0.192. The first-order valence-corrected chi connectivity index (χ1v) is 6.95. The highest BCUT2D eigenvalue weighted by Gasteiger charge is 2.26. The minimum atomic E-state index is 0.192.